The first-order valence-corrected chi connectivity index (χ1v) is 9.30. The van der Waals surface area contributed by atoms with Crippen LogP contribution in [0.25, 0.3) is 16.8 Å². The quantitative estimate of drug-likeness (QED) is 0.477. The monoisotopic (exact) mass is 405 g/mol. The predicted molar refractivity (Wildman–Crippen MR) is 113 cm³/mol. The van der Waals surface area contributed by atoms with Gasteiger partial charge in [0.1, 0.15) is 0 Å². The second-order valence-corrected chi connectivity index (χ2v) is 6.96. The van der Waals surface area contributed by atoms with Gasteiger partial charge in [-0.15, -0.1) is 10.2 Å². The zero-order valence-corrected chi connectivity index (χ0v) is 16.8. The number of fused-ring (bicyclic) bond motifs is 1. The maximum Gasteiger partial charge on any atom is 0.256 e. The van der Waals surface area contributed by atoms with E-state index in [-0.39, 0.29) is 11.2 Å². The van der Waals surface area contributed by atoms with Crippen LogP contribution in [0, 0.1) is 12.7 Å². The first-order chi connectivity index (χ1) is 14.4. The van der Waals surface area contributed by atoms with Crippen LogP contribution in [0.4, 0.5) is 10.1 Å². The van der Waals surface area contributed by atoms with Crippen LogP contribution < -0.4 is 5.56 Å². The number of pyridine rings is 2. The third kappa shape index (κ3) is 3.24. The Morgan fingerprint density at radius 1 is 1.27 bits per heavy atom. The van der Waals surface area contributed by atoms with E-state index >= 15 is 0 Å². The molecular weight excluding hydrogens is 385 g/mol. The van der Waals surface area contributed by atoms with Crippen LogP contribution in [0.15, 0.2) is 59.4 Å². The smallest absolute Gasteiger partial charge is 0.256 e. The summed E-state index contributed by atoms with van der Waals surface area (Å²) in [5.41, 5.74) is 2.36. The molecule has 0 fully saturated rings. The van der Waals surface area contributed by atoms with Crippen molar-refractivity contribution in [3.63, 3.8) is 0 Å². The summed E-state index contributed by atoms with van der Waals surface area (Å²) >= 11 is 0. The van der Waals surface area contributed by atoms with E-state index in [9.17, 15) is 9.18 Å². The molecule has 152 valence electrons. The second-order valence-electron chi connectivity index (χ2n) is 6.96. The highest BCUT2D eigenvalue weighted by Crippen LogP contribution is 2.25. The lowest BCUT2D eigenvalue weighted by Crippen LogP contribution is -2.26. The molecule has 0 aliphatic carbocycles. The van der Waals surface area contributed by atoms with Crippen LogP contribution in [-0.4, -0.2) is 35.2 Å². The Bertz CT molecular complexity index is 1350. The Morgan fingerprint density at radius 2 is 2.07 bits per heavy atom. The first kappa shape index (κ1) is 19.4. The Labute approximate surface area is 171 Å². The summed E-state index contributed by atoms with van der Waals surface area (Å²) in [6, 6.07) is 2.67. The summed E-state index contributed by atoms with van der Waals surface area (Å²) in [5, 5.41) is 12.3. The van der Waals surface area contributed by atoms with E-state index in [1.54, 1.807) is 60.0 Å². The van der Waals surface area contributed by atoms with E-state index in [4.69, 9.17) is 0 Å². The van der Waals surface area contributed by atoms with Crippen molar-refractivity contribution < 1.29 is 4.39 Å². The summed E-state index contributed by atoms with van der Waals surface area (Å²) in [4.78, 5) is 17.1. The Kier molecular flexibility index (Phi) is 4.86. The van der Waals surface area contributed by atoms with Crippen LogP contribution in [0.5, 0.6) is 0 Å². The van der Waals surface area contributed by atoms with E-state index in [1.165, 1.54) is 16.8 Å². The molecule has 0 spiro atoms. The maximum absolute atomic E-state index is 14.7. The van der Waals surface area contributed by atoms with E-state index in [0.29, 0.717) is 22.6 Å². The molecule has 0 radical (unpaired) electrons. The molecular formula is C21H20FN7O. The van der Waals surface area contributed by atoms with Crippen molar-refractivity contribution in [3.8, 4) is 11.1 Å². The number of allylic oxidation sites excluding steroid dienone is 1. The van der Waals surface area contributed by atoms with Gasteiger partial charge in [-0.05, 0) is 26.0 Å². The molecule has 4 aromatic rings. The van der Waals surface area contributed by atoms with Gasteiger partial charge in [-0.25, -0.2) is 4.39 Å². The Hall–Kier alpha value is -3.88. The van der Waals surface area contributed by atoms with Crippen LogP contribution in [0.2, 0.25) is 0 Å². The van der Waals surface area contributed by atoms with E-state index in [2.05, 4.69) is 26.9 Å². The van der Waals surface area contributed by atoms with Gasteiger partial charge in [-0.1, -0.05) is 12.7 Å². The molecule has 0 amide bonds. The predicted octanol–water partition coefficient (Wildman–Crippen LogP) is 3.24. The van der Waals surface area contributed by atoms with Gasteiger partial charge in [0.15, 0.2) is 17.3 Å². The molecule has 4 heterocycles. The minimum Gasteiger partial charge on any atom is -0.305 e. The fraction of sp³-hybridized carbons (Fsp3) is 0.190. The van der Waals surface area contributed by atoms with E-state index in [0.717, 1.165) is 5.56 Å². The number of halogens is 1. The summed E-state index contributed by atoms with van der Waals surface area (Å²) in [5.74, 6) is -0.0570. The Morgan fingerprint density at radius 3 is 2.77 bits per heavy atom. The average Bonchev–Trinajstić information content (AvgIpc) is 3.35. The van der Waals surface area contributed by atoms with Gasteiger partial charge in [0, 0.05) is 48.5 Å². The highest BCUT2D eigenvalue weighted by molar-refractivity contribution is 5.74. The van der Waals surface area contributed by atoms with E-state index < -0.39 is 11.9 Å². The number of rotatable bonds is 5. The van der Waals surface area contributed by atoms with Gasteiger partial charge in [0.05, 0.1) is 17.9 Å². The highest BCUT2D eigenvalue weighted by Gasteiger charge is 2.20. The van der Waals surface area contributed by atoms with Crippen LogP contribution in [0.1, 0.15) is 24.4 Å². The lowest BCUT2D eigenvalue weighted by atomic mass is 10.1. The van der Waals surface area contributed by atoms with Gasteiger partial charge in [0.2, 0.25) is 0 Å². The molecule has 9 heteroatoms. The van der Waals surface area contributed by atoms with Crippen LogP contribution >= 0.6 is 0 Å². The molecule has 0 aromatic carbocycles. The highest BCUT2D eigenvalue weighted by atomic mass is 19.1. The summed E-state index contributed by atoms with van der Waals surface area (Å²) in [7, 11) is 1.79. The summed E-state index contributed by atoms with van der Waals surface area (Å²) in [6.45, 7) is 7.12. The van der Waals surface area contributed by atoms with Crippen LogP contribution in [-0.2, 0) is 7.05 Å². The number of nitrogens with zero attached hydrogens (tertiary/aromatic N) is 7. The molecule has 30 heavy (non-hydrogen) atoms. The van der Waals surface area contributed by atoms with Crippen molar-refractivity contribution in [1.82, 2.24) is 28.9 Å². The molecule has 1 atom stereocenters. The van der Waals surface area contributed by atoms with Crippen molar-refractivity contribution in [2.24, 2.45) is 12.0 Å². The topological polar surface area (TPSA) is 82.4 Å². The number of hydrogen-bond acceptors (Lipinski definition) is 5. The first-order valence-electron chi connectivity index (χ1n) is 9.30. The molecule has 0 N–H and O–H groups in total. The third-order valence-corrected chi connectivity index (χ3v) is 4.97. The summed E-state index contributed by atoms with van der Waals surface area (Å²) < 4.78 is 19.4. The maximum atomic E-state index is 14.7. The van der Waals surface area contributed by atoms with Crippen molar-refractivity contribution in [2.45, 2.75) is 19.9 Å². The SMILES string of the molecule is C=C/C=N\c1ccn([C@H](C)c2nnc3c(F)cc(-c4cnn(C)c4)cn23)c(=O)c1C. The molecule has 0 unspecified atom stereocenters. The fourth-order valence-corrected chi connectivity index (χ4v) is 3.33. The van der Waals surface area contributed by atoms with Gasteiger partial charge >= 0.3 is 0 Å². The molecule has 4 aromatic heterocycles. The number of aromatic nitrogens is 6. The second kappa shape index (κ2) is 7.51. The number of hydrogen-bond donors (Lipinski definition) is 0. The molecule has 0 saturated carbocycles. The van der Waals surface area contributed by atoms with E-state index in [1.807, 2.05) is 6.92 Å². The molecule has 0 saturated heterocycles. The molecule has 0 aliphatic rings. The van der Waals surface area contributed by atoms with Gasteiger partial charge in [-0.3, -0.25) is 18.9 Å². The van der Waals surface area contributed by atoms with Crippen molar-refractivity contribution >= 4 is 17.5 Å². The zero-order chi connectivity index (χ0) is 21.4. The fourth-order valence-electron chi connectivity index (χ4n) is 3.33. The third-order valence-electron chi connectivity index (χ3n) is 4.97. The molecule has 4 rings (SSSR count). The molecule has 8 nitrogen and oxygen atoms in total. The largest absolute Gasteiger partial charge is 0.305 e. The minimum absolute atomic E-state index is 0.0986. The van der Waals surface area contributed by atoms with Crippen molar-refractivity contribution in [1.29, 1.82) is 0 Å². The lowest BCUT2D eigenvalue weighted by molar-refractivity contribution is 0.570. The molecule has 0 bridgehead atoms. The van der Waals surface area contributed by atoms with Gasteiger partial charge < -0.3 is 4.57 Å². The van der Waals surface area contributed by atoms with Crippen molar-refractivity contribution in [3.05, 3.63) is 77.1 Å². The van der Waals surface area contributed by atoms with Gasteiger partial charge in [0.25, 0.3) is 5.56 Å². The summed E-state index contributed by atoms with van der Waals surface area (Å²) in [6.07, 6.45) is 9.93. The zero-order valence-electron chi connectivity index (χ0n) is 16.8. The van der Waals surface area contributed by atoms with Gasteiger partial charge in [-0.2, -0.15) is 5.10 Å². The van der Waals surface area contributed by atoms with Crippen LogP contribution in [0.3, 0.4) is 0 Å². The number of aliphatic imine (C=N–C) groups is 1. The molecule has 0 aliphatic heterocycles. The standard InChI is InChI=1S/C21H20FN7O/c1-5-7-23-18-6-8-28(21(30)13(18)2)14(3)19-25-26-20-17(22)9-15(12-29(19)20)16-10-24-27(4)11-16/h5-12,14H,1H2,2-4H3/b23-7-/t14-/m1/s1. The normalized spacial score (nSPS) is 12.7. The average molecular weight is 405 g/mol. The number of aryl methyl sites for hydroxylation is 1. The Balaban J connectivity index is 1.82. The lowest BCUT2D eigenvalue weighted by Gasteiger charge is -2.15. The van der Waals surface area contributed by atoms with Crippen molar-refractivity contribution in [2.75, 3.05) is 0 Å². The minimum atomic E-state index is -0.500.